The van der Waals surface area contributed by atoms with Gasteiger partial charge in [-0.1, -0.05) is 6.08 Å². The molecule has 0 atom stereocenters. The molecular formula is C11H7N3O. The highest BCUT2D eigenvalue weighted by atomic mass is 16.1. The molecule has 72 valence electrons. The van der Waals surface area contributed by atoms with E-state index in [9.17, 15) is 4.79 Å². The van der Waals surface area contributed by atoms with E-state index in [2.05, 4.69) is 9.98 Å². The highest BCUT2D eigenvalue weighted by Crippen LogP contribution is 2.06. The number of rotatable bonds is 0. The van der Waals surface area contributed by atoms with Gasteiger partial charge in [-0.3, -0.25) is 4.79 Å². The van der Waals surface area contributed by atoms with Crippen LogP contribution in [0.1, 0.15) is 15.9 Å². The van der Waals surface area contributed by atoms with Crippen LogP contribution in [0.3, 0.4) is 0 Å². The van der Waals surface area contributed by atoms with Crippen LogP contribution in [-0.2, 0) is 0 Å². The second-order valence-corrected chi connectivity index (χ2v) is 3.42. The van der Waals surface area contributed by atoms with Crippen LogP contribution in [0.25, 0.3) is 11.8 Å². The molecule has 0 fully saturated rings. The van der Waals surface area contributed by atoms with Crippen molar-refractivity contribution in [1.82, 2.24) is 0 Å². The lowest BCUT2D eigenvalue weighted by molar-refractivity contribution is 0.100. The summed E-state index contributed by atoms with van der Waals surface area (Å²) in [5.74, 6) is -0.262. The first-order valence-corrected chi connectivity index (χ1v) is 4.52. The van der Waals surface area contributed by atoms with Crippen LogP contribution in [0.2, 0.25) is 0 Å². The highest BCUT2D eigenvalue weighted by molar-refractivity contribution is 6.00. The lowest BCUT2D eigenvalue weighted by Gasteiger charge is -2.02. The molecule has 0 unspecified atom stereocenters. The van der Waals surface area contributed by atoms with Gasteiger partial charge >= 0.3 is 0 Å². The molecule has 4 nitrogen and oxygen atoms in total. The van der Waals surface area contributed by atoms with E-state index >= 15 is 0 Å². The van der Waals surface area contributed by atoms with Crippen LogP contribution in [0.4, 0.5) is 0 Å². The summed E-state index contributed by atoms with van der Waals surface area (Å²) in [4.78, 5) is 19.1. The summed E-state index contributed by atoms with van der Waals surface area (Å²) < 4.78 is 0. The molecule has 0 radical (unpaired) electrons. The minimum absolute atomic E-state index is 0.262. The Bertz CT molecular complexity index is 653. The normalized spacial score (nSPS) is 16.3. The van der Waals surface area contributed by atoms with Crippen molar-refractivity contribution in [2.75, 3.05) is 0 Å². The van der Waals surface area contributed by atoms with Gasteiger partial charge in [-0.2, -0.15) is 4.99 Å². The molecule has 0 saturated carbocycles. The Balaban J connectivity index is 2.46. The number of amides is 1. The Hall–Kier alpha value is -2.23. The molecule has 1 aromatic rings. The number of hydrogen-bond donors (Lipinski definition) is 1. The topological polar surface area (TPSA) is 67.8 Å². The van der Waals surface area contributed by atoms with Gasteiger partial charge < -0.3 is 5.73 Å². The van der Waals surface area contributed by atoms with Crippen LogP contribution in [-0.4, -0.2) is 12.2 Å². The second-order valence-electron chi connectivity index (χ2n) is 3.42. The Kier molecular flexibility index (Phi) is 1.42. The molecule has 2 N–H and O–H groups in total. The van der Waals surface area contributed by atoms with Gasteiger partial charge in [-0.15, -0.1) is 0 Å². The number of fused-ring (bicyclic) bond motifs is 2. The third-order valence-corrected chi connectivity index (χ3v) is 2.52. The van der Waals surface area contributed by atoms with Gasteiger partial charge in [0, 0.05) is 10.9 Å². The van der Waals surface area contributed by atoms with Crippen LogP contribution >= 0.6 is 0 Å². The Morgan fingerprint density at radius 2 is 2.07 bits per heavy atom. The Labute approximate surface area is 85.2 Å². The zero-order chi connectivity index (χ0) is 10.4. The van der Waals surface area contributed by atoms with E-state index in [0.29, 0.717) is 16.6 Å². The zero-order valence-corrected chi connectivity index (χ0v) is 7.77. The van der Waals surface area contributed by atoms with Gasteiger partial charge in [0.25, 0.3) is 5.91 Å². The summed E-state index contributed by atoms with van der Waals surface area (Å²) in [7, 11) is 0. The smallest absolute Gasteiger partial charge is 0.280 e. The van der Waals surface area contributed by atoms with Crippen LogP contribution in [0.5, 0.6) is 0 Å². The van der Waals surface area contributed by atoms with Gasteiger partial charge in [0.2, 0.25) is 0 Å². The first-order valence-electron chi connectivity index (χ1n) is 4.52. The molecular weight excluding hydrogens is 190 g/mol. The molecule has 0 aromatic heterocycles. The molecule has 1 aromatic carbocycles. The quantitative estimate of drug-likeness (QED) is 0.614. The summed E-state index contributed by atoms with van der Waals surface area (Å²) >= 11 is 0. The van der Waals surface area contributed by atoms with Gasteiger partial charge in [0.1, 0.15) is 6.34 Å². The van der Waals surface area contributed by atoms with Crippen LogP contribution in [0.15, 0.2) is 28.2 Å². The number of hydrogen-bond acceptors (Lipinski definition) is 3. The minimum atomic E-state index is -0.262. The molecule has 0 bridgehead atoms. The number of nitrogens with two attached hydrogens (primary N) is 1. The van der Waals surface area contributed by atoms with Crippen molar-refractivity contribution in [3.63, 3.8) is 0 Å². The van der Waals surface area contributed by atoms with E-state index in [0.717, 1.165) is 10.8 Å². The van der Waals surface area contributed by atoms with Crippen molar-refractivity contribution in [2.45, 2.75) is 0 Å². The van der Waals surface area contributed by atoms with Crippen molar-refractivity contribution in [1.29, 1.82) is 0 Å². The highest BCUT2D eigenvalue weighted by Gasteiger charge is 2.13. The maximum absolute atomic E-state index is 11.5. The molecule has 2 aliphatic rings. The molecule has 1 heterocycles. The van der Waals surface area contributed by atoms with E-state index in [1.54, 1.807) is 6.07 Å². The predicted octanol–water partition coefficient (Wildman–Crippen LogP) is -0.418. The van der Waals surface area contributed by atoms with Crippen molar-refractivity contribution in [3.05, 3.63) is 39.9 Å². The van der Waals surface area contributed by atoms with E-state index < -0.39 is 0 Å². The van der Waals surface area contributed by atoms with Gasteiger partial charge in [0.05, 0.1) is 10.9 Å². The third-order valence-electron chi connectivity index (χ3n) is 2.52. The van der Waals surface area contributed by atoms with E-state index in [4.69, 9.17) is 5.73 Å². The summed E-state index contributed by atoms with van der Waals surface area (Å²) in [5.41, 5.74) is 7.97. The van der Waals surface area contributed by atoms with E-state index in [1.807, 2.05) is 18.2 Å². The maximum Gasteiger partial charge on any atom is 0.280 e. The number of benzene rings is 1. The molecule has 3 rings (SSSR count). The predicted molar refractivity (Wildman–Crippen MR) is 56.7 cm³/mol. The van der Waals surface area contributed by atoms with E-state index in [1.165, 1.54) is 6.34 Å². The zero-order valence-electron chi connectivity index (χ0n) is 7.77. The third kappa shape index (κ3) is 1.05. The molecule has 0 spiro atoms. The summed E-state index contributed by atoms with van der Waals surface area (Å²) in [6, 6.07) is 3.60. The average Bonchev–Trinajstić information content (AvgIpc) is 2.59. The molecule has 15 heavy (non-hydrogen) atoms. The first kappa shape index (κ1) is 8.11. The lowest BCUT2D eigenvalue weighted by atomic mass is 10.1. The lowest BCUT2D eigenvalue weighted by Crippen LogP contribution is -2.24. The SMILES string of the molecule is NC1=c2cc3c(cc2C=C1)=NC=NC3=O. The fourth-order valence-corrected chi connectivity index (χ4v) is 1.75. The minimum Gasteiger partial charge on any atom is -0.398 e. The molecule has 4 heteroatoms. The van der Waals surface area contributed by atoms with Crippen molar-refractivity contribution < 1.29 is 4.79 Å². The van der Waals surface area contributed by atoms with E-state index in [-0.39, 0.29) is 5.91 Å². The van der Waals surface area contributed by atoms with Crippen LogP contribution < -0.4 is 16.3 Å². The molecule has 0 saturated heterocycles. The second kappa shape index (κ2) is 2.63. The molecule has 1 amide bonds. The van der Waals surface area contributed by atoms with Crippen molar-refractivity contribution in [2.24, 2.45) is 15.7 Å². The average molecular weight is 197 g/mol. The fraction of sp³-hybridized carbons (Fsp3) is 0. The monoisotopic (exact) mass is 197 g/mol. The largest absolute Gasteiger partial charge is 0.398 e. The van der Waals surface area contributed by atoms with Gasteiger partial charge in [-0.05, 0) is 23.8 Å². The summed E-state index contributed by atoms with van der Waals surface area (Å²) in [6.45, 7) is 0. The number of carbonyl (C=O) groups is 1. The van der Waals surface area contributed by atoms with Crippen LogP contribution in [0, 0.1) is 0 Å². The van der Waals surface area contributed by atoms with Gasteiger partial charge in [0.15, 0.2) is 0 Å². The fourth-order valence-electron chi connectivity index (χ4n) is 1.75. The molecule has 1 aliphatic carbocycles. The maximum atomic E-state index is 11.5. The number of carbonyl (C=O) groups excluding carboxylic acids is 1. The summed E-state index contributed by atoms with van der Waals surface area (Å²) in [6.07, 6.45) is 5.01. The van der Waals surface area contributed by atoms with Gasteiger partial charge in [-0.25, -0.2) is 4.99 Å². The van der Waals surface area contributed by atoms with Crippen molar-refractivity contribution in [3.8, 4) is 0 Å². The Morgan fingerprint density at radius 1 is 1.20 bits per heavy atom. The summed E-state index contributed by atoms with van der Waals surface area (Å²) in [5, 5.41) is 1.54. The number of aliphatic imine (C=N–C) groups is 1. The molecule has 1 aliphatic heterocycles. The standard InChI is InChI=1S/C11H7N3O/c12-9-2-1-6-3-10-8(4-7(6)9)11(15)14-5-13-10/h1-5H,12H2. The van der Waals surface area contributed by atoms with Crippen molar-refractivity contribution >= 4 is 24.0 Å². The Morgan fingerprint density at radius 3 is 2.93 bits per heavy atom. The first-order chi connectivity index (χ1) is 7.25. The number of nitrogens with zero attached hydrogens (tertiary/aromatic N) is 2.